The first-order valence-corrected chi connectivity index (χ1v) is 2.59. The Labute approximate surface area is 49.0 Å². The van der Waals surface area contributed by atoms with Crippen LogP contribution in [0.3, 0.4) is 0 Å². The number of nitrogens with zero attached hydrogens (tertiary/aromatic N) is 2. The van der Waals surface area contributed by atoms with E-state index in [0.29, 0.717) is 0 Å². The lowest BCUT2D eigenvalue weighted by molar-refractivity contribution is 0.0401. The van der Waals surface area contributed by atoms with Crippen LogP contribution in [0.2, 0.25) is 0 Å². The van der Waals surface area contributed by atoms with Gasteiger partial charge in [0.1, 0.15) is 6.23 Å². The van der Waals surface area contributed by atoms with Gasteiger partial charge in [0, 0.05) is 14.2 Å². The predicted molar refractivity (Wildman–Crippen MR) is 31.9 cm³/mol. The summed E-state index contributed by atoms with van der Waals surface area (Å²) < 4.78 is 5.02. The quantitative estimate of drug-likeness (QED) is 0.477. The Kier molecular flexibility index (Phi) is 1.48. The van der Waals surface area contributed by atoms with Crippen LogP contribution in [-0.4, -0.2) is 38.2 Å². The molecule has 0 aromatic heterocycles. The monoisotopic (exact) mass is 114 g/mol. The van der Waals surface area contributed by atoms with E-state index in [2.05, 4.69) is 4.99 Å². The van der Waals surface area contributed by atoms with Gasteiger partial charge in [-0.3, -0.25) is 4.99 Å². The van der Waals surface area contributed by atoms with Crippen molar-refractivity contribution in [3.8, 4) is 0 Å². The third kappa shape index (κ3) is 0.816. The first kappa shape index (κ1) is 5.56. The van der Waals surface area contributed by atoms with E-state index in [9.17, 15) is 0 Å². The molecule has 0 radical (unpaired) electrons. The van der Waals surface area contributed by atoms with Gasteiger partial charge in [0.25, 0.3) is 0 Å². The fraction of sp³-hybridized carbons (Fsp3) is 0.800. The largest absolute Gasteiger partial charge is 0.360 e. The Morgan fingerprint density at radius 1 is 1.88 bits per heavy atom. The van der Waals surface area contributed by atoms with E-state index in [1.807, 2.05) is 11.9 Å². The minimum Gasteiger partial charge on any atom is -0.360 e. The van der Waals surface area contributed by atoms with Crippen LogP contribution in [0.4, 0.5) is 0 Å². The first-order chi connectivity index (χ1) is 3.84. The third-order valence-electron chi connectivity index (χ3n) is 1.25. The minimum absolute atomic E-state index is 0.176. The van der Waals surface area contributed by atoms with Crippen molar-refractivity contribution in [3.63, 3.8) is 0 Å². The molecule has 1 unspecified atom stereocenters. The highest BCUT2D eigenvalue weighted by Crippen LogP contribution is 2.00. The molecule has 0 amide bonds. The molecule has 1 aliphatic rings. The Bertz CT molecular complexity index is 103. The Balaban J connectivity index is 2.38. The molecule has 1 atom stereocenters. The van der Waals surface area contributed by atoms with Gasteiger partial charge >= 0.3 is 0 Å². The number of aliphatic imine (C=N–C) groups is 1. The van der Waals surface area contributed by atoms with Crippen molar-refractivity contribution < 1.29 is 4.74 Å². The van der Waals surface area contributed by atoms with Crippen molar-refractivity contribution in [1.82, 2.24) is 4.90 Å². The second-order valence-corrected chi connectivity index (χ2v) is 1.84. The van der Waals surface area contributed by atoms with E-state index < -0.39 is 0 Å². The van der Waals surface area contributed by atoms with E-state index >= 15 is 0 Å². The molecule has 0 saturated heterocycles. The van der Waals surface area contributed by atoms with Gasteiger partial charge in [-0.15, -0.1) is 0 Å². The van der Waals surface area contributed by atoms with Crippen molar-refractivity contribution in [3.05, 3.63) is 0 Å². The molecular weight excluding hydrogens is 104 g/mol. The molecule has 1 rings (SSSR count). The van der Waals surface area contributed by atoms with E-state index in [1.54, 1.807) is 13.4 Å². The van der Waals surface area contributed by atoms with Gasteiger partial charge < -0.3 is 9.64 Å². The van der Waals surface area contributed by atoms with Crippen LogP contribution in [0.15, 0.2) is 4.99 Å². The molecule has 1 heterocycles. The fourth-order valence-corrected chi connectivity index (χ4v) is 0.710. The second kappa shape index (κ2) is 2.13. The van der Waals surface area contributed by atoms with Crippen LogP contribution >= 0.6 is 0 Å². The van der Waals surface area contributed by atoms with Crippen molar-refractivity contribution in [1.29, 1.82) is 0 Å². The Hall–Kier alpha value is -0.570. The average molecular weight is 114 g/mol. The molecule has 0 aromatic carbocycles. The SMILES string of the molecule is COC1CN=CN1C. The smallest absolute Gasteiger partial charge is 0.149 e. The summed E-state index contributed by atoms with van der Waals surface area (Å²) in [5.74, 6) is 0. The van der Waals surface area contributed by atoms with Gasteiger partial charge in [0.2, 0.25) is 0 Å². The zero-order valence-electron chi connectivity index (χ0n) is 5.16. The number of ether oxygens (including phenoxy) is 1. The van der Waals surface area contributed by atoms with Crippen LogP contribution in [0.5, 0.6) is 0 Å². The lowest BCUT2D eigenvalue weighted by Crippen LogP contribution is -2.28. The van der Waals surface area contributed by atoms with Crippen molar-refractivity contribution in [2.24, 2.45) is 4.99 Å². The summed E-state index contributed by atoms with van der Waals surface area (Å²) in [4.78, 5) is 5.94. The lowest BCUT2D eigenvalue weighted by atomic mass is 10.6. The van der Waals surface area contributed by atoms with Gasteiger partial charge in [0.05, 0.1) is 12.9 Å². The topological polar surface area (TPSA) is 24.8 Å². The summed E-state index contributed by atoms with van der Waals surface area (Å²) >= 11 is 0. The van der Waals surface area contributed by atoms with E-state index in [-0.39, 0.29) is 6.23 Å². The van der Waals surface area contributed by atoms with Crippen molar-refractivity contribution in [2.75, 3.05) is 20.7 Å². The van der Waals surface area contributed by atoms with Crippen LogP contribution < -0.4 is 0 Å². The normalized spacial score (nSPS) is 27.2. The van der Waals surface area contributed by atoms with Gasteiger partial charge in [-0.2, -0.15) is 0 Å². The molecule has 46 valence electrons. The van der Waals surface area contributed by atoms with E-state index in [0.717, 1.165) is 6.54 Å². The van der Waals surface area contributed by atoms with E-state index in [1.165, 1.54) is 0 Å². The maximum Gasteiger partial charge on any atom is 0.149 e. The molecule has 0 aromatic rings. The summed E-state index contributed by atoms with van der Waals surface area (Å²) in [6, 6.07) is 0. The average Bonchev–Trinajstić information content (AvgIpc) is 2.14. The molecular formula is C5H10N2O. The highest BCUT2D eigenvalue weighted by atomic mass is 16.5. The summed E-state index contributed by atoms with van der Waals surface area (Å²) in [5, 5.41) is 0. The molecule has 3 heteroatoms. The maximum absolute atomic E-state index is 5.02. The van der Waals surface area contributed by atoms with Gasteiger partial charge in [-0.1, -0.05) is 0 Å². The van der Waals surface area contributed by atoms with Crippen LogP contribution in [-0.2, 0) is 4.74 Å². The third-order valence-corrected chi connectivity index (χ3v) is 1.25. The summed E-state index contributed by atoms with van der Waals surface area (Å²) in [6.45, 7) is 0.771. The first-order valence-electron chi connectivity index (χ1n) is 2.59. The zero-order valence-corrected chi connectivity index (χ0v) is 5.16. The maximum atomic E-state index is 5.02. The molecule has 0 spiro atoms. The summed E-state index contributed by atoms with van der Waals surface area (Å²) in [7, 11) is 3.64. The molecule has 0 bridgehead atoms. The minimum atomic E-state index is 0.176. The molecule has 0 saturated carbocycles. The van der Waals surface area contributed by atoms with Crippen LogP contribution in [0.25, 0.3) is 0 Å². The second-order valence-electron chi connectivity index (χ2n) is 1.84. The zero-order chi connectivity index (χ0) is 5.98. The number of hydrogen-bond acceptors (Lipinski definition) is 3. The van der Waals surface area contributed by atoms with Crippen LogP contribution in [0.1, 0.15) is 0 Å². The summed E-state index contributed by atoms with van der Waals surface area (Å²) in [6.07, 6.45) is 1.96. The number of methoxy groups -OCH3 is 1. The van der Waals surface area contributed by atoms with Gasteiger partial charge in [0.15, 0.2) is 0 Å². The molecule has 1 aliphatic heterocycles. The van der Waals surface area contributed by atoms with Gasteiger partial charge in [-0.25, -0.2) is 0 Å². The molecule has 8 heavy (non-hydrogen) atoms. The van der Waals surface area contributed by atoms with Crippen molar-refractivity contribution >= 4 is 6.34 Å². The van der Waals surface area contributed by atoms with E-state index in [4.69, 9.17) is 4.74 Å². The summed E-state index contributed by atoms with van der Waals surface area (Å²) in [5.41, 5.74) is 0. The molecule has 3 nitrogen and oxygen atoms in total. The fourth-order valence-electron chi connectivity index (χ4n) is 0.710. The molecule has 0 fully saturated rings. The lowest BCUT2D eigenvalue weighted by Gasteiger charge is -2.15. The highest BCUT2D eigenvalue weighted by molar-refractivity contribution is 5.56. The van der Waals surface area contributed by atoms with Crippen LogP contribution in [0, 0.1) is 0 Å². The molecule has 0 aliphatic carbocycles. The predicted octanol–water partition coefficient (Wildman–Crippen LogP) is -0.0674. The number of rotatable bonds is 1. The Morgan fingerprint density at radius 3 is 2.88 bits per heavy atom. The number of hydrogen-bond donors (Lipinski definition) is 0. The van der Waals surface area contributed by atoms with Crippen molar-refractivity contribution in [2.45, 2.75) is 6.23 Å². The highest BCUT2D eigenvalue weighted by Gasteiger charge is 2.13. The number of likely N-dealkylation sites (N-methyl/N-ethyl adjacent to an activating group) is 1. The Morgan fingerprint density at radius 2 is 2.62 bits per heavy atom. The van der Waals surface area contributed by atoms with Gasteiger partial charge in [-0.05, 0) is 0 Å². The standard InChI is InChI=1S/C5H10N2O/c1-7-4-6-3-5(7)8-2/h4-5H,3H2,1-2H3. The molecule has 0 N–H and O–H groups in total.